The minimum atomic E-state index is -6.29. The Balaban J connectivity index is 1.32. The average molecular weight is 614 g/mol. The van der Waals surface area contributed by atoms with Crippen LogP contribution in [0.4, 0.5) is 17.6 Å². The SMILES string of the molecule is CC1(c2ccc([S+](c3ccccc3)c3ccc(OCCC(F)(F)C(F)(F)S(=O)(=O)O)cc3)cc2)OC2CCCC2O1. The van der Waals surface area contributed by atoms with Crippen LogP contribution in [0.2, 0.25) is 0 Å². The predicted molar refractivity (Wildman–Crippen MR) is 144 cm³/mol. The predicted octanol–water partition coefficient (Wildman–Crippen LogP) is 6.81. The number of ether oxygens (including phenoxy) is 3. The number of halogens is 4. The van der Waals surface area contributed by atoms with Gasteiger partial charge in [-0.05, 0) is 86.8 Å². The number of rotatable bonds is 10. The summed E-state index contributed by atoms with van der Waals surface area (Å²) in [5, 5.41) is -5.63. The van der Waals surface area contributed by atoms with E-state index in [0.29, 0.717) is 0 Å². The summed E-state index contributed by atoms with van der Waals surface area (Å²) in [7, 11) is -6.83. The van der Waals surface area contributed by atoms with Gasteiger partial charge in [-0.15, -0.1) is 0 Å². The molecule has 1 saturated heterocycles. The molecule has 0 aromatic heterocycles. The molecule has 0 radical (unpaired) electrons. The lowest BCUT2D eigenvalue weighted by molar-refractivity contribution is -0.174. The van der Waals surface area contributed by atoms with Crippen molar-refractivity contribution in [3.63, 3.8) is 0 Å². The van der Waals surface area contributed by atoms with Crippen molar-refractivity contribution in [1.29, 1.82) is 0 Å². The van der Waals surface area contributed by atoms with Crippen LogP contribution in [0.5, 0.6) is 5.75 Å². The van der Waals surface area contributed by atoms with Crippen LogP contribution >= 0.6 is 0 Å². The fraction of sp³-hybridized carbons (Fsp3) is 0.379. The largest absolute Gasteiger partial charge is 0.493 e. The molecule has 1 N–H and O–H groups in total. The summed E-state index contributed by atoms with van der Waals surface area (Å²) in [4.78, 5) is 2.95. The van der Waals surface area contributed by atoms with E-state index in [1.54, 1.807) is 12.1 Å². The van der Waals surface area contributed by atoms with Gasteiger partial charge in [0.1, 0.15) is 5.75 Å². The summed E-state index contributed by atoms with van der Waals surface area (Å²) in [6.07, 6.45) is 1.71. The fourth-order valence-electron chi connectivity index (χ4n) is 5.07. The number of alkyl halides is 4. The van der Waals surface area contributed by atoms with Gasteiger partial charge < -0.3 is 14.2 Å². The Morgan fingerprint density at radius 2 is 1.39 bits per heavy atom. The molecule has 6 nitrogen and oxygen atoms in total. The maximum absolute atomic E-state index is 13.8. The first kappa shape index (κ1) is 29.8. The number of hydrogen-bond acceptors (Lipinski definition) is 5. The Kier molecular flexibility index (Phi) is 8.16. The topological polar surface area (TPSA) is 82.1 Å². The molecule has 1 aliphatic carbocycles. The van der Waals surface area contributed by atoms with Crippen LogP contribution in [-0.2, 0) is 36.3 Å². The zero-order valence-electron chi connectivity index (χ0n) is 22.0. The highest BCUT2D eigenvalue weighted by Gasteiger charge is 2.65. The zero-order valence-corrected chi connectivity index (χ0v) is 23.6. The van der Waals surface area contributed by atoms with Crippen molar-refractivity contribution in [2.45, 2.75) is 76.5 Å². The highest BCUT2D eigenvalue weighted by atomic mass is 32.2. The third-order valence-electron chi connectivity index (χ3n) is 7.23. The zero-order chi connectivity index (χ0) is 29.5. The van der Waals surface area contributed by atoms with Crippen molar-refractivity contribution in [3.8, 4) is 5.75 Å². The van der Waals surface area contributed by atoms with Gasteiger partial charge in [-0.25, -0.2) is 0 Å². The highest BCUT2D eigenvalue weighted by Crippen LogP contribution is 2.44. The maximum Gasteiger partial charge on any atom is 0.431 e. The summed E-state index contributed by atoms with van der Waals surface area (Å²) in [6, 6.07) is 24.4. The van der Waals surface area contributed by atoms with Crippen LogP contribution in [0, 0.1) is 0 Å². The summed E-state index contributed by atoms with van der Waals surface area (Å²) in [5.41, 5.74) is 0.924. The van der Waals surface area contributed by atoms with Crippen molar-refractivity contribution in [3.05, 3.63) is 84.4 Å². The van der Waals surface area contributed by atoms with E-state index in [1.807, 2.05) is 61.5 Å². The molecule has 0 bridgehead atoms. The number of fused-ring (bicyclic) bond motifs is 1. The van der Waals surface area contributed by atoms with Crippen LogP contribution in [0.1, 0.15) is 38.2 Å². The Hall–Kier alpha value is -2.64. The van der Waals surface area contributed by atoms with Crippen molar-refractivity contribution in [2.75, 3.05) is 6.61 Å². The summed E-state index contributed by atoms with van der Waals surface area (Å²) in [6.45, 7) is 1.05. The van der Waals surface area contributed by atoms with E-state index in [2.05, 4.69) is 0 Å². The second kappa shape index (κ2) is 11.2. The maximum atomic E-state index is 13.8. The van der Waals surface area contributed by atoms with Crippen molar-refractivity contribution in [2.24, 2.45) is 0 Å². The Morgan fingerprint density at radius 1 is 0.878 bits per heavy atom. The lowest BCUT2D eigenvalue weighted by atomic mass is 10.1. The number of hydrogen-bond donors (Lipinski definition) is 1. The molecule has 220 valence electrons. The van der Waals surface area contributed by atoms with Crippen molar-refractivity contribution >= 4 is 21.0 Å². The molecule has 5 rings (SSSR count). The lowest BCUT2D eigenvalue weighted by Gasteiger charge is -2.25. The Morgan fingerprint density at radius 3 is 1.93 bits per heavy atom. The molecule has 3 unspecified atom stereocenters. The average Bonchev–Trinajstić information content (AvgIpc) is 3.49. The van der Waals surface area contributed by atoms with Gasteiger partial charge in [-0.3, -0.25) is 4.55 Å². The third-order valence-corrected chi connectivity index (χ3v) is 10.4. The highest BCUT2D eigenvalue weighted by molar-refractivity contribution is 7.97. The van der Waals surface area contributed by atoms with E-state index >= 15 is 0 Å². The first-order valence-electron chi connectivity index (χ1n) is 13.0. The number of benzene rings is 3. The lowest BCUT2D eigenvalue weighted by Crippen LogP contribution is -2.47. The molecule has 0 amide bonds. The second-order valence-electron chi connectivity index (χ2n) is 10.1. The van der Waals surface area contributed by atoms with E-state index in [4.69, 9.17) is 18.8 Å². The van der Waals surface area contributed by atoms with Crippen molar-refractivity contribution < 1.29 is 44.7 Å². The molecule has 3 aromatic carbocycles. The van der Waals surface area contributed by atoms with Gasteiger partial charge in [-0.2, -0.15) is 26.0 Å². The summed E-state index contributed by atoms with van der Waals surface area (Å²) >= 11 is 0. The first-order chi connectivity index (χ1) is 19.3. The van der Waals surface area contributed by atoms with Crippen LogP contribution in [0.3, 0.4) is 0 Å². The van der Waals surface area contributed by atoms with Gasteiger partial charge >= 0.3 is 21.3 Å². The van der Waals surface area contributed by atoms with Crippen LogP contribution in [0.25, 0.3) is 0 Å². The van der Waals surface area contributed by atoms with Crippen LogP contribution in [0.15, 0.2) is 93.5 Å². The standard InChI is InChI=1S/C29H28F4O6S2/c1-27(38-25-8-5-9-26(25)39-27)20-10-14-23(15-11-20)40(22-6-3-2-4-7-22)24-16-12-21(13-17-24)37-19-18-28(30,31)29(32,33)41(34,35)36/h2-4,6-7,10-17,25-26H,5,8-9,18-19H2,1H3/p+1. The van der Waals surface area contributed by atoms with Gasteiger partial charge in [0.2, 0.25) is 0 Å². The molecule has 1 heterocycles. The van der Waals surface area contributed by atoms with Gasteiger partial charge in [0.05, 0.1) is 36.1 Å². The normalized spacial score (nSPS) is 23.8. The quantitative estimate of drug-likeness (QED) is 0.154. The smallest absolute Gasteiger partial charge is 0.431 e. The van der Waals surface area contributed by atoms with E-state index in [9.17, 15) is 26.0 Å². The van der Waals surface area contributed by atoms with Crippen LogP contribution < -0.4 is 4.74 Å². The van der Waals surface area contributed by atoms with Crippen LogP contribution in [-0.4, -0.2) is 43.0 Å². The van der Waals surface area contributed by atoms with E-state index in [-0.39, 0.29) is 18.0 Å². The minimum Gasteiger partial charge on any atom is -0.493 e. The van der Waals surface area contributed by atoms with Gasteiger partial charge in [0.15, 0.2) is 20.5 Å². The monoisotopic (exact) mass is 613 g/mol. The molecule has 1 aliphatic heterocycles. The Labute approximate surface area is 238 Å². The second-order valence-corrected chi connectivity index (χ2v) is 13.6. The van der Waals surface area contributed by atoms with Gasteiger partial charge in [0.25, 0.3) is 0 Å². The Bertz CT molecular complexity index is 1440. The van der Waals surface area contributed by atoms with Gasteiger partial charge in [0, 0.05) is 5.56 Å². The summed E-state index contributed by atoms with van der Waals surface area (Å²) < 4.78 is 102. The minimum absolute atomic E-state index is 0.116. The molecule has 1 saturated carbocycles. The molecular weight excluding hydrogens is 584 g/mol. The van der Waals surface area contributed by atoms with E-state index in [0.717, 1.165) is 39.5 Å². The molecule has 0 spiro atoms. The van der Waals surface area contributed by atoms with E-state index < -0.39 is 51.0 Å². The summed E-state index contributed by atoms with van der Waals surface area (Å²) in [5.74, 6) is -5.68. The fourth-order valence-corrected chi connectivity index (χ4v) is 7.61. The van der Waals surface area contributed by atoms with Gasteiger partial charge in [-0.1, -0.05) is 18.2 Å². The molecular formula is C29H29F4O6S2+. The molecule has 3 atom stereocenters. The molecule has 3 aromatic rings. The molecule has 2 aliphatic rings. The van der Waals surface area contributed by atoms with Crippen molar-refractivity contribution in [1.82, 2.24) is 0 Å². The molecule has 12 heteroatoms. The van der Waals surface area contributed by atoms with E-state index in [1.165, 1.54) is 12.1 Å². The molecule has 41 heavy (non-hydrogen) atoms. The first-order valence-corrected chi connectivity index (χ1v) is 15.7. The third kappa shape index (κ3) is 5.98. The molecule has 2 fully saturated rings.